The average Bonchev–Trinajstić information content (AvgIpc) is 3.20. The van der Waals surface area contributed by atoms with Gasteiger partial charge >= 0.3 is 5.97 Å². The van der Waals surface area contributed by atoms with Gasteiger partial charge in [-0.3, -0.25) is 9.59 Å². The van der Waals surface area contributed by atoms with Gasteiger partial charge < -0.3 is 10.1 Å². The maximum absolute atomic E-state index is 13.7. The average molecular weight is 383 g/mol. The number of ether oxygens (including phenoxy) is 1. The molecule has 28 heavy (non-hydrogen) atoms. The van der Waals surface area contributed by atoms with Crippen molar-refractivity contribution in [3.05, 3.63) is 65.5 Å². The standard InChI is InChI=1S/C23H26FNO3/c1-3-17-9-11-20(12-10-17)25-21(26)16(2)28-22(27)23(13-4-5-14-23)18-7-6-8-19(24)15-18/h6-12,15-16H,3-5,13-14H2,1-2H3,(H,25,26)/t16-/m0/s1. The molecule has 1 amide bonds. The summed E-state index contributed by atoms with van der Waals surface area (Å²) in [5, 5.41) is 2.77. The highest BCUT2D eigenvalue weighted by molar-refractivity contribution is 5.96. The monoisotopic (exact) mass is 383 g/mol. The zero-order valence-electron chi connectivity index (χ0n) is 16.3. The molecule has 3 rings (SSSR count). The van der Waals surface area contributed by atoms with Crippen LogP contribution >= 0.6 is 0 Å². The van der Waals surface area contributed by atoms with Gasteiger partial charge in [-0.25, -0.2) is 4.39 Å². The number of nitrogens with one attached hydrogen (secondary N) is 1. The van der Waals surface area contributed by atoms with Crippen molar-refractivity contribution in [2.24, 2.45) is 0 Å². The third kappa shape index (κ3) is 4.24. The second-order valence-corrected chi connectivity index (χ2v) is 7.39. The van der Waals surface area contributed by atoms with Crippen molar-refractivity contribution in [2.75, 3.05) is 5.32 Å². The number of benzene rings is 2. The summed E-state index contributed by atoms with van der Waals surface area (Å²) in [5.74, 6) is -1.22. The first-order chi connectivity index (χ1) is 13.4. The van der Waals surface area contributed by atoms with Crippen LogP contribution in [0.15, 0.2) is 48.5 Å². The number of carbonyl (C=O) groups excluding carboxylic acids is 2. The van der Waals surface area contributed by atoms with E-state index in [0.29, 0.717) is 24.1 Å². The normalized spacial score (nSPS) is 16.4. The summed E-state index contributed by atoms with van der Waals surface area (Å²) in [5.41, 5.74) is 1.58. The molecular formula is C23H26FNO3. The van der Waals surface area contributed by atoms with E-state index < -0.39 is 17.5 Å². The van der Waals surface area contributed by atoms with Crippen molar-refractivity contribution >= 4 is 17.6 Å². The van der Waals surface area contributed by atoms with Gasteiger partial charge in [-0.05, 0) is 61.6 Å². The molecule has 0 radical (unpaired) electrons. The first kappa shape index (κ1) is 20.1. The minimum atomic E-state index is -0.940. The molecule has 1 aliphatic carbocycles. The smallest absolute Gasteiger partial charge is 0.317 e. The third-order valence-electron chi connectivity index (χ3n) is 5.51. The van der Waals surface area contributed by atoms with Gasteiger partial charge in [-0.15, -0.1) is 0 Å². The van der Waals surface area contributed by atoms with Crippen LogP contribution in [0.2, 0.25) is 0 Å². The number of esters is 1. The van der Waals surface area contributed by atoms with Gasteiger partial charge in [0.2, 0.25) is 0 Å². The molecule has 0 unspecified atom stereocenters. The summed E-state index contributed by atoms with van der Waals surface area (Å²) in [6, 6.07) is 13.7. The maximum atomic E-state index is 13.7. The molecule has 0 aliphatic heterocycles. The van der Waals surface area contributed by atoms with Crippen LogP contribution < -0.4 is 5.32 Å². The van der Waals surface area contributed by atoms with Crippen LogP contribution in [0.25, 0.3) is 0 Å². The van der Waals surface area contributed by atoms with Crippen molar-refractivity contribution in [1.29, 1.82) is 0 Å². The molecule has 2 aromatic carbocycles. The molecule has 0 heterocycles. The molecule has 1 aliphatic rings. The van der Waals surface area contributed by atoms with Gasteiger partial charge in [0, 0.05) is 5.69 Å². The van der Waals surface area contributed by atoms with Crippen LogP contribution in [0, 0.1) is 5.82 Å². The molecule has 5 heteroatoms. The van der Waals surface area contributed by atoms with E-state index in [1.807, 2.05) is 24.3 Å². The Kier molecular flexibility index (Phi) is 6.12. The number of halogens is 1. The Morgan fingerprint density at radius 3 is 2.43 bits per heavy atom. The van der Waals surface area contributed by atoms with Crippen LogP contribution in [0.1, 0.15) is 50.7 Å². The van der Waals surface area contributed by atoms with Crippen LogP contribution in [0.3, 0.4) is 0 Å². The van der Waals surface area contributed by atoms with Gasteiger partial charge in [-0.1, -0.05) is 44.0 Å². The maximum Gasteiger partial charge on any atom is 0.317 e. The quantitative estimate of drug-likeness (QED) is 0.731. The Hall–Kier alpha value is -2.69. The topological polar surface area (TPSA) is 55.4 Å². The lowest BCUT2D eigenvalue weighted by atomic mass is 9.79. The minimum Gasteiger partial charge on any atom is -0.452 e. The number of anilines is 1. The lowest BCUT2D eigenvalue weighted by Crippen LogP contribution is -2.40. The van der Waals surface area contributed by atoms with Gasteiger partial charge in [0.1, 0.15) is 5.82 Å². The predicted octanol–water partition coefficient (Wildman–Crippen LogP) is 4.77. The van der Waals surface area contributed by atoms with Crippen LogP contribution in [0.5, 0.6) is 0 Å². The molecule has 1 fully saturated rings. The second kappa shape index (κ2) is 8.55. The van der Waals surface area contributed by atoms with E-state index in [2.05, 4.69) is 12.2 Å². The van der Waals surface area contributed by atoms with E-state index in [0.717, 1.165) is 19.3 Å². The largest absolute Gasteiger partial charge is 0.452 e. The molecule has 1 N–H and O–H groups in total. The van der Waals surface area contributed by atoms with Crippen LogP contribution in [-0.2, 0) is 26.2 Å². The van der Waals surface area contributed by atoms with Crippen molar-refractivity contribution in [2.45, 2.75) is 57.5 Å². The summed E-state index contributed by atoms with van der Waals surface area (Å²) in [7, 11) is 0. The van der Waals surface area contributed by atoms with Gasteiger partial charge in [0.25, 0.3) is 5.91 Å². The van der Waals surface area contributed by atoms with Gasteiger partial charge in [0.15, 0.2) is 6.10 Å². The highest BCUT2D eigenvalue weighted by Gasteiger charge is 2.45. The molecule has 0 bridgehead atoms. The number of amides is 1. The first-order valence-corrected chi connectivity index (χ1v) is 9.81. The Bertz CT molecular complexity index is 841. The van der Waals surface area contributed by atoms with Crippen molar-refractivity contribution in [3.8, 4) is 0 Å². The summed E-state index contributed by atoms with van der Waals surface area (Å²) < 4.78 is 19.3. The Balaban J connectivity index is 1.69. The van der Waals surface area contributed by atoms with Crippen molar-refractivity contribution < 1.29 is 18.7 Å². The summed E-state index contributed by atoms with van der Waals surface area (Å²) in [6.45, 7) is 3.62. The van der Waals surface area contributed by atoms with Crippen LogP contribution in [0.4, 0.5) is 10.1 Å². The fraction of sp³-hybridized carbons (Fsp3) is 0.391. The van der Waals surface area contributed by atoms with Gasteiger partial charge in [0.05, 0.1) is 5.41 Å². The molecule has 1 saturated carbocycles. The summed E-state index contributed by atoms with van der Waals surface area (Å²) in [4.78, 5) is 25.5. The van der Waals surface area contributed by atoms with E-state index in [1.165, 1.54) is 17.7 Å². The van der Waals surface area contributed by atoms with E-state index in [4.69, 9.17) is 4.74 Å². The molecule has 0 saturated heterocycles. The molecule has 1 atom stereocenters. The molecule has 0 aromatic heterocycles. The van der Waals surface area contributed by atoms with Crippen molar-refractivity contribution in [1.82, 2.24) is 0 Å². The first-order valence-electron chi connectivity index (χ1n) is 9.81. The zero-order valence-corrected chi connectivity index (χ0v) is 16.3. The number of aryl methyl sites for hydroxylation is 1. The summed E-state index contributed by atoms with van der Waals surface area (Å²) >= 11 is 0. The minimum absolute atomic E-state index is 0.377. The number of rotatable bonds is 6. The van der Waals surface area contributed by atoms with Crippen LogP contribution in [-0.4, -0.2) is 18.0 Å². The lowest BCUT2D eigenvalue weighted by Gasteiger charge is -2.28. The predicted molar refractivity (Wildman–Crippen MR) is 107 cm³/mol. The SMILES string of the molecule is CCc1ccc(NC(=O)[C@H](C)OC(=O)C2(c3cccc(F)c3)CCCC2)cc1. The fourth-order valence-electron chi connectivity index (χ4n) is 3.77. The number of hydrogen-bond donors (Lipinski definition) is 1. The zero-order chi connectivity index (χ0) is 20.1. The molecule has 0 spiro atoms. The third-order valence-corrected chi connectivity index (χ3v) is 5.51. The molecule has 2 aromatic rings. The van der Waals surface area contributed by atoms with E-state index in [9.17, 15) is 14.0 Å². The van der Waals surface area contributed by atoms with Crippen molar-refractivity contribution in [3.63, 3.8) is 0 Å². The Morgan fingerprint density at radius 2 is 1.82 bits per heavy atom. The summed E-state index contributed by atoms with van der Waals surface area (Å²) in [6.07, 6.45) is 2.92. The number of hydrogen-bond acceptors (Lipinski definition) is 3. The van der Waals surface area contributed by atoms with E-state index in [-0.39, 0.29) is 11.7 Å². The molecule has 4 nitrogen and oxygen atoms in total. The fourth-order valence-corrected chi connectivity index (χ4v) is 3.77. The Morgan fingerprint density at radius 1 is 1.14 bits per heavy atom. The Labute approximate surface area is 165 Å². The van der Waals surface area contributed by atoms with Gasteiger partial charge in [-0.2, -0.15) is 0 Å². The number of carbonyl (C=O) groups is 2. The highest BCUT2D eigenvalue weighted by atomic mass is 19.1. The highest BCUT2D eigenvalue weighted by Crippen LogP contribution is 2.42. The second-order valence-electron chi connectivity index (χ2n) is 7.39. The lowest BCUT2D eigenvalue weighted by molar-refractivity contribution is -0.159. The van der Waals surface area contributed by atoms with E-state index in [1.54, 1.807) is 19.1 Å². The molecular weight excluding hydrogens is 357 g/mol. The van der Waals surface area contributed by atoms with E-state index >= 15 is 0 Å². The molecule has 148 valence electrons.